The molecule has 0 spiro atoms. The Bertz CT molecular complexity index is 1820. The van der Waals surface area contributed by atoms with Crippen LogP contribution in [0.2, 0.25) is 0 Å². The zero-order chi connectivity index (χ0) is 25.3. The minimum atomic E-state index is -1.57. The van der Waals surface area contributed by atoms with Crippen molar-refractivity contribution in [2.75, 3.05) is 0 Å². The number of hydrogen-bond acceptors (Lipinski definition) is 6. The molecule has 0 amide bonds. The summed E-state index contributed by atoms with van der Waals surface area (Å²) < 4.78 is 0. The molecule has 0 fully saturated rings. The minimum absolute atomic E-state index is 0.00329. The van der Waals surface area contributed by atoms with Gasteiger partial charge in [0.15, 0.2) is 0 Å². The van der Waals surface area contributed by atoms with E-state index in [1.165, 1.54) is 24.3 Å². The van der Waals surface area contributed by atoms with Gasteiger partial charge in [-0.1, -0.05) is 18.2 Å². The van der Waals surface area contributed by atoms with Crippen molar-refractivity contribution in [2.24, 2.45) is 0 Å². The van der Waals surface area contributed by atoms with E-state index in [1.807, 2.05) is 0 Å². The number of carboxylic acids is 4. The molecule has 11 nitrogen and oxygen atoms in total. The molecule has 5 aromatic rings. The van der Waals surface area contributed by atoms with Crippen molar-refractivity contribution < 1.29 is 44.5 Å². The Morgan fingerprint density at radius 1 is 0.543 bits per heavy atom. The highest BCUT2D eigenvalue weighted by atomic mass is 16.6. The van der Waals surface area contributed by atoms with Gasteiger partial charge in [0.05, 0.1) is 32.6 Å². The van der Waals surface area contributed by atoms with Crippen LogP contribution in [0.4, 0.5) is 5.69 Å². The largest absolute Gasteiger partial charge is 0.478 e. The second-order valence-corrected chi connectivity index (χ2v) is 7.78. The van der Waals surface area contributed by atoms with E-state index in [2.05, 4.69) is 0 Å². The van der Waals surface area contributed by atoms with Crippen LogP contribution in [0.3, 0.4) is 0 Å². The van der Waals surface area contributed by atoms with Crippen LogP contribution in [0.25, 0.3) is 43.1 Å². The number of nitro benzene ring substituents is 1. The van der Waals surface area contributed by atoms with E-state index in [0.29, 0.717) is 0 Å². The van der Waals surface area contributed by atoms with Gasteiger partial charge in [0.25, 0.3) is 5.69 Å². The average Bonchev–Trinajstić information content (AvgIpc) is 2.80. The molecule has 0 unspecified atom stereocenters. The minimum Gasteiger partial charge on any atom is -0.478 e. The third-order valence-electron chi connectivity index (χ3n) is 6.10. The number of nitro groups is 1. The molecular weight excluding hydrogens is 462 g/mol. The van der Waals surface area contributed by atoms with Crippen molar-refractivity contribution in [3.8, 4) is 0 Å². The van der Waals surface area contributed by atoms with Crippen molar-refractivity contribution in [3.05, 3.63) is 74.8 Å². The normalized spacial score (nSPS) is 11.4. The number of carbonyl (C=O) groups is 4. The van der Waals surface area contributed by atoms with Gasteiger partial charge < -0.3 is 20.4 Å². The van der Waals surface area contributed by atoms with Gasteiger partial charge in [0.1, 0.15) is 0 Å². The van der Waals surface area contributed by atoms with Gasteiger partial charge in [0, 0.05) is 22.2 Å². The highest BCUT2D eigenvalue weighted by molar-refractivity contribution is 6.39. The number of nitrogens with zero attached hydrogens (tertiary/aromatic N) is 1. The Kier molecular flexibility index (Phi) is 4.36. The molecule has 0 atom stereocenters. The first-order valence-electron chi connectivity index (χ1n) is 9.86. The van der Waals surface area contributed by atoms with Gasteiger partial charge in [-0.15, -0.1) is 0 Å². The SMILES string of the molecule is O=C(O)c1ccc2c3ccc(C(=O)O)c4c(C(=O)O)cc([N+](=O)[O-])c(c5ccc(C(=O)O)c1c25)c43. The van der Waals surface area contributed by atoms with E-state index in [4.69, 9.17) is 0 Å². The summed E-state index contributed by atoms with van der Waals surface area (Å²) in [5.74, 6) is -5.84. The molecule has 0 heterocycles. The maximum Gasteiger partial charge on any atom is 0.336 e. The van der Waals surface area contributed by atoms with Crippen LogP contribution in [0.5, 0.6) is 0 Å². The number of non-ortho nitro benzene ring substituents is 1. The first kappa shape index (κ1) is 21.5. The fraction of sp³-hybridized carbons (Fsp3) is 0. The highest BCUT2D eigenvalue weighted by Gasteiger charge is 2.30. The number of benzene rings is 5. The van der Waals surface area contributed by atoms with Crippen LogP contribution in [0.15, 0.2) is 42.5 Å². The molecule has 0 saturated heterocycles. The van der Waals surface area contributed by atoms with Crippen LogP contribution in [0.1, 0.15) is 41.4 Å². The predicted molar refractivity (Wildman–Crippen MR) is 122 cm³/mol. The summed E-state index contributed by atoms with van der Waals surface area (Å²) in [6.07, 6.45) is 0. The fourth-order valence-electron chi connectivity index (χ4n) is 4.82. The van der Waals surface area contributed by atoms with Crippen LogP contribution in [-0.2, 0) is 0 Å². The average molecular weight is 473 g/mol. The molecule has 0 bridgehead atoms. The van der Waals surface area contributed by atoms with Gasteiger partial charge in [0.2, 0.25) is 0 Å². The summed E-state index contributed by atoms with van der Waals surface area (Å²) in [5.41, 5.74) is -2.29. The summed E-state index contributed by atoms with van der Waals surface area (Å²) in [4.78, 5) is 59.1. The van der Waals surface area contributed by atoms with Crippen molar-refractivity contribution in [1.29, 1.82) is 0 Å². The first-order valence-corrected chi connectivity index (χ1v) is 9.86. The lowest BCUT2D eigenvalue weighted by Crippen LogP contribution is -2.08. The Labute approximate surface area is 192 Å². The standard InChI is InChI=1S/C24H11NO10/c26-21(27)11-4-1-8-9-2-5-13(23(30)31)18-14(24(32)33)7-15(25(34)35)19(20(9)18)10-3-6-12(22(28)29)17(11)16(8)10/h1-7H,(H,26,27)(H,28,29)(H,30,31)(H,32,33). The van der Waals surface area contributed by atoms with E-state index in [9.17, 15) is 49.7 Å². The molecule has 0 aromatic heterocycles. The Morgan fingerprint density at radius 3 is 1.37 bits per heavy atom. The quantitative estimate of drug-likeness (QED) is 0.123. The van der Waals surface area contributed by atoms with Gasteiger partial charge in [-0.25, -0.2) is 19.2 Å². The van der Waals surface area contributed by atoms with E-state index in [-0.39, 0.29) is 59.8 Å². The third kappa shape index (κ3) is 2.78. The molecule has 11 heteroatoms. The van der Waals surface area contributed by atoms with Crippen LogP contribution < -0.4 is 0 Å². The first-order chi connectivity index (χ1) is 16.5. The lowest BCUT2D eigenvalue weighted by Gasteiger charge is -2.18. The number of hydrogen-bond donors (Lipinski definition) is 4. The number of carboxylic acid groups (broad SMARTS) is 4. The lowest BCUT2D eigenvalue weighted by atomic mass is 9.83. The zero-order valence-corrected chi connectivity index (χ0v) is 17.2. The van der Waals surface area contributed by atoms with E-state index < -0.39 is 40.1 Å². The van der Waals surface area contributed by atoms with Gasteiger partial charge >= 0.3 is 23.9 Å². The Hall–Kier alpha value is -5.32. The molecular formula is C24H11NO10. The fourth-order valence-corrected chi connectivity index (χ4v) is 4.82. The summed E-state index contributed by atoms with van der Waals surface area (Å²) in [7, 11) is 0. The second kappa shape index (κ2) is 7.09. The second-order valence-electron chi connectivity index (χ2n) is 7.78. The van der Waals surface area contributed by atoms with E-state index in [0.717, 1.165) is 18.2 Å². The van der Waals surface area contributed by atoms with Crippen LogP contribution >= 0.6 is 0 Å². The highest BCUT2D eigenvalue weighted by Crippen LogP contribution is 2.47. The van der Waals surface area contributed by atoms with Crippen molar-refractivity contribution in [3.63, 3.8) is 0 Å². The Balaban J connectivity index is 2.25. The molecule has 172 valence electrons. The smallest absolute Gasteiger partial charge is 0.336 e. The van der Waals surface area contributed by atoms with Crippen LogP contribution in [0, 0.1) is 10.1 Å². The predicted octanol–water partition coefficient (Wildman–Crippen LogP) is 4.44. The molecule has 0 aliphatic rings. The molecule has 0 radical (unpaired) electrons. The summed E-state index contributed by atoms with van der Waals surface area (Å²) >= 11 is 0. The van der Waals surface area contributed by atoms with Crippen LogP contribution in [-0.4, -0.2) is 49.2 Å². The Morgan fingerprint density at radius 2 is 0.943 bits per heavy atom. The van der Waals surface area contributed by atoms with E-state index in [1.54, 1.807) is 0 Å². The van der Waals surface area contributed by atoms with Crippen molar-refractivity contribution in [1.82, 2.24) is 0 Å². The molecule has 35 heavy (non-hydrogen) atoms. The monoisotopic (exact) mass is 473 g/mol. The maximum absolute atomic E-state index is 12.0. The third-order valence-corrected chi connectivity index (χ3v) is 6.10. The van der Waals surface area contributed by atoms with Gasteiger partial charge in [-0.3, -0.25) is 10.1 Å². The molecule has 5 aromatic carbocycles. The number of rotatable bonds is 5. The molecule has 4 N–H and O–H groups in total. The maximum atomic E-state index is 12.0. The molecule has 5 rings (SSSR count). The summed E-state index contributed by atoms with van der Waals surface area (Å²) in [6.45, 7) is 0. The molecule has 0 saturated carbocycles. The van der Waals surface area contributed by atoms with E-state index >= 15 is 0 Å². The number of fused-ring (bicyclic) bond motifs is 2. The summed E-state index contributed by atoms with van der Waals surface area (Å²) in [5, 5.41) is 51.2. The molecule has 0 aliphatic carbocycles. The lowest BCUT2D eigenvalue weighted by molar-refractivity contribution is -0.383. The number of aromatic carboxylic acids is 4. The van der Waals surface area contributed by atoms with Gasteiger partial charge in [-0.05, 0) is 39.7 Å². The van der Waals surface area contributed by atoms with Crippen molar-refractivity contribution in [2.45, 2.75) is 0 Å². The van der Waals surface area contributed by atoms with Crippen molar-refractivity contribution >= 4 is 72.7 Å². The zero-order valence-electron chi connectivity index (χ0n) is 17.2. The molecule has 0 aliphatic heterocycles. The van der Waals surface area contributed by atoms with Gasteiger partial charge in [-0.2, -0.15) is 0 Å². The summed E-state index contributed by atoms with van der Waals surface area (Å²) in [6, 6.07) is 8.23. The topological polar surface area (TPSA) is 192 Å².